The van der Waals surface area contributed by atoms with Crippen LogP contribution in [0, 0.1) is 6.92 Å². The number of carbonyl (C=O) groups is 1. The number of aryl methyl sites for hydroxylation is 1. The van der Waals surface area contributed by atoms with Crippen molar-refractivity contribution in [3.8, 4) is 5.69 Å². The summed E-state index contributed by atoms with van der Waals surface area (Å²) in [6, 6.07) is 9.42. The second-order valence-corrected chi connectivity index (χ2v) is 7.75. The summed E-state index contributed by atoms with van der Waals surface area (Å²) >= 11 is 0. The van der Waals surface area contributed by atoms with Gasteiger partial charge < -0.3 is 14.5 Å². The van der Waals surface area contributed by atoms with Crippen molar-refractivity contribution in [1.29, 1.82) is 0 Å². The van der Waals surface area contributed by atoms with Crippen LogP contribution >= 0.6 is 0 Å². The van der Waals surface area contributed by atoms with Crippen LogP contribution in [0.5, 0.6) is 0 Å². The quantitative estimate of drug-likeness (QED) is 0.382. The molecular weight excluding hydrogens is 396 g/mol. The van der Waals surface area contributed by atoms with Gasteiger partial charge in [-0.3, -0.25) is 4.57 Å². The lowest BCUT2D eigenvalue weighted by Gasteiger charge is -2.09. The van der Waals surface area contributed by atoms with Crippen molar-refractivity contribution < 1.29 is 13.9 Å². The van der Waals surface area contributed by atoms with Gasteiger partial charge in [0.15, 0.2) is 5.58 Å². The van der Waals surface area contributed by atoms with Crippen LogP contribution in [0.4, 0.5) is 0 Å². The number of ether oxygens (including phenoxy) is 1. The Kier molecular flexibility index (Phi) is 4.71. The van der Waals surface area contributed by atoms with E-state index in [1.54, 1.807) is 17.8 Å². The van der Waals surface area contributed by atoms with E-state index in [1.165, 1.54) is 10.1 Å². The molecule has 158 valence electrons. The monoisotopic (exact) mass is 418 g/mol. The summed E-state index contributed by atoms with van der Waals surface area (Å²) in [5, 5.41) is 7.89. The van der Waals surface area contributed by atoms with Crippen molar-refractivity contribution in [1.82, 2.24) is 19.7 Å². The number of fused-ring (bicyclic) bond motifs is 2. The van der Waals surface area contributed by atoms with Crippen LogP contribution in [0.3, 0.4) is 0 Å². The first-order valence-electron chi connectivity index (χ1n) is 10.1. The first-order valence-corrected chi connectivity index (χ1v) is 10.1. The molecule has 0 radical (unpaired) electrons. The zero-order valence-corrected chi connectivity index (χ0v) is 17.3. The smallest absolute Gasteiger partial charge is 0.419 e. The van der Waals surface area contributed by atoms with Crippen molar-refractivity contribution in [3.05, 3.63) is 81.1 Å². The van der Waals surface area contributed by atoms with Gasteiger partial charge in [0.25, 0.3) is 0 Å². The lowest BCUT2D eigenvalue weighted by molar-refractivity contribution is 0.0535. The summed E-state index contributed by atoms with van der Waals surface area (Å²) in [5.41, 5.74) is 7.27. The zero-order valence-electron chi connectivity index (χ0n) is 17.3. The molecule has 0 aliphatic carbocycles. The maximum atomic E-state index is 11.7. The van der Waals surface area contributed by atoms with Crippen LogP contribution in [0.25, 0.3) is 16.8 Å². The molecule has 4 aromatic rings. The summed E-state index contributed by atoms with van der Waals surface area (Å²) in [6.45, 7) is 3.92. The molecule has 2 aromatic carbocycles. The maximum absolute atomic E-state index is 11.7. The summed E-state index contributed by atoms with van der Waals surface area (Å²) in [4.78, 5) is 23.3. The van der Waals surface area contributed by atoms with E-state index in [4.69, 9.17) is 9.15 Å². The Morgan fingerprint density at radius 3 is 2.94 bits per heavy atom. The third-order valence-corrected chi connectivity index (χ3v) is 5.85. The minimum atomic E-state index is -0.379. The zero-order chi connectivity index (χ0) is 21.5. The van der Waals surface area contributed by atoms with E-state index in [9.17, 15) is 9.59 Å². The predicted molar refractivity (Wildman–Crippen MR) is 114 cm³/mol. The molecule has 0 bridgehead atoms. The lowest BCUT2D eigenvalue weighted by atomic mass is 9.97. The van der Waals surface area contributed by atoms with Gasteiger partial charge in [-0.05, 0) is 55.3 Å². The number of carbonyl (C=O) groups excluding carboxylic acids is 1. The number of oxazole rings is 1. The van der Waals surface area contributed by atoms with Gasteiger partial charge in [0, 0.05) is 30.9 Å². The molecule has 8 nitrogen and oxygen atoms in total. The Morgan fingerprint density at radius 2 is 2.06 bits per heavy atom. The molecule has 1 N–H and O–H groups in total. The van der Waals surface area contributed by atoms with Crippen molar-refractivity contribution in [2.24, 2.45) is 7.05 Å². The van der Waals surface area contributed by atoms with E-state index < -0.39 is 0 Å². The fourth-order valence-electron chi connectivity index (χ4n) is 3.97. The summed E-state index contributed by atoms with van der Waals surface area (Å²) in [7, 11) is 1.68. The molecule has 31 heavy (non-hydrogen) atoms. The fourth-order valence-corrected chi connectivity index (χ4v) is 3.97. The van der Waals surface area contributed by atoms with Crippen molar-refractivity contribution in [3.63, 3.8) is 0 Å². The van der Waals surface area contributed by atoms with Crippen LogP contribution in [0.2, 0.25) is 0 Å². The first-order chi connectivity index (χ1) is 15.0. The number of hydrogen-bond donors (Lipinski definition) is 1. The molecular formula is C23H22N4O4. The van der Waals surface area contributed by atoms with E-state index in [2.05, 4.69) is 10.4 Å². The number of benzene rings is 2. The topological polar surface area (TPSA) is 91.3 Å². The molecule has 0 amide bonds. The van der Waals surface area contributed by atoms with Gasteiger partial charge in [-0.15, -0.1) is 0 Å². The molecule has 0 unspecified atom stereocenters. The lowest BCUT2D eigenvalue weighted by Crippen LogP contribution is -2.17. The van der Waals surface area contributed by atoms with Crippen LogP contribution in [0.15, 0.2) is 51.9 Å². The Hall–Kier alpha value is -3.65. The van der Waals surface area contributed by atoms with E-state index in [0.29, 0.717) is 24.3 Å². The number of aromatic nitrogens is 3. The van der Waals surface area contributed by atoms with E-state index in [0.717, 1.165) is 40.9 Å². The first kappa shape index (κ1) is 19.3. The molecule has 8 heteroatoms. The van der Waals surface area contributed by atoms with Crippen LogP contribution in [-0.2, 0) is 31.4 Å². The molecule has 0 saturated heterocycles. The molecule has 1 aliphatic rings. The molecule has 0 atom stereocenters. The van der Waals surface area contributed by atoms with Crippen LogP contribution in [-0.4, -0.2) is 26.9 Å². The number of cyclic esters (lactones) is 1. The van der Waals surface area contributed by atoms with E-state index in [1.807, 2.05) is 43.6 Å². The van der Waals surface area contributed by atoms with Gasteiger partial charge >= 0.3 is 11.7 Å². The standard InChI is InChI=1S/C23H22N4O4/c1-14-16(3-5-18-19(14)13-30-22(18)28)7-8-24-10-15-11-25-27(12-15)17-4-6-21-20(9-17)26(2)23(29)31-21/h3-6,9,11-12,24H,7-8,10,13H2,1-2H3. The third kappa shape index (κ3) is 3.44. The van der Waals surface area contributed by atoms with Gasteiger partial charge in [-0.1, -0.05) is 6.07 Å². The second kappa shape index (κ2) is 7.55. The molecule has 1 aliphatic heterocycles. The van der Waals surface area contributed by atoms with Gasteiger partial charge in [-0.2, -0.15) is 5.10 Å². The highest BCUT2D eigenvalue weighted by Crippen LogP contribution is 2.26. The molecule has 3 heterocycles. The van der Waals surface area contributed by atoms with Crippen LogP contribution < -0.4 is 11.1 Å². The van der Waals surface area contributed by atoms with Crippen molar-refractivity contribution >= 4 is 17.1 Å². The highest BCUT2D eigenvalue weighted by molar-refractivity contribution is 5.93. The number of esters is 1. The van der Waals surface area contributed by atoms with Gasteiger partial charge in [0.05, 0.1) is 23.0 Å². The average Bonchev–Trinajstić information content (AvgIpc) is 3.46. The summed E-state index contributed by atoms with van der Waals surface area (Å²) in [5.74, 6) is -0.607. The summed E-state index contributed by atoms with van der Waals surface area (Å²) < 4.78 is 13.6. The SMILES string of the molecule is Cc1c(CCNCc2cnn(-c3ccc4oc(=O)n(C)c4c3)c2)ccc2c1COC2=O. The Balaban J connectivity index is 1.22. The maximum Gasteiger partial charge on any atom is 0.419 e. The Labute approximate surface area is 178 Å². The van der Waals surface area contributed by atoms with Gasteiger partial charge in [0.2, 0.25) is 0 Å². The van der Waals surface area contributed by atoms with Crippen LogP contribution in [0.1, 0.15) is 32.6 Å². The fraction of sp³-hybridized carbons (Fsp3) is 0.261. The third-order valence-electron chi connectivity index (χ3n) is 5.85. The largest absolute Gasteiger partial charge is 0.457 e. The van der Waals surface area contributed by atoms with Gasteiger partial charge in [0.1, 0.15) is 6.61 Å². The van der Waals surface area contributed by atoms with Crippen molar-refractivity contribution in [2.45, 2.75) is 26.5 Å². The van der Waals surface area contributed by atoms with Crippen molar-refractivity contribution in [2.75, 3.05) is 6.54 Å². The minimum absolute atomic E-state index is 0.228. The highest BCUT2D eigenvalue weighted by Gasteiger charge is 2.23. The van der Waals surface area contributed by atoms with E-state index >= 15 is 0 Å². The van der Waals surface area contributed by atoms with Gasteiger partial charge in [-0.25, -0.2) is 14.3 Å². The Bertz CT molecular complexity index is 1360. The molecule has 5 rings (SSSR count). The highest BCUT2D eigenvalue weighted by atomic mass is 16.5. The number of hydrogen-bond acceptors (Lipinski definition) is 6. The van der Waals surface area contributed by atoms with E-state index in [-0.39, 0.29) is 11.7 Å². The molecule has 2 aromatic heterocycles. The number of rotatable bonds is 6. The average molecular weight is 418 g/mol. The number of nitrogens with one attached hydrogen (secondary N) is 1. The molecule has 0 fully saturated rings. The molecule has 0 spiro atoms. The number of nitrogens with zero attached hydrogens (tertiary/aromatic N) is 3. The normalized spacial score (nSPS) is 13.0. The minimum Gasteiger partial charge on any atom is -0.457 e. The predicted octanol–water partition coefficient (Wildman–Crippen LogP) is 2.63. The molecule has 0 saturated carbocycles. The second-order valence-electron chi connectivity index (χ2n) is 7.75. The summed E-state index contributed by atoms with van der Waals surface area (Å²) in [6.07, 6.45) is 4.66. The Morgan fingerprint density at radius 1 is 1.19 bits per heavy atom.